The molecule has 106 valence electrons. The van der Waals surface area contributed by atoms with Crippen LogP contribution in [0.25, 0.3) is 0 Å². The molecule has 2 atom stereocenters. The van der Waals surface area contributed by atoms with E-state index in [1.54, 1.807) is 6.07 Å². The molecule has 2 unspecified atom stereocenters. The predicted molar refractivity (Wildman–Crippen MR) is 74.2 cm³/mol. The van der Waals surface area contributed by atoms with E-state index in [0.717, 1.165) is 31.6 Å². The summed E-state index contributed by atoms with van der Waals surface area (Å²) >= 11 is 0. The second kappa shape index (κ2) is 6.75. The minimum Gasteiger partial charge on any atom is -0.491 e. The zero-order valence-electron chi connectivity index (χ0n) is 11.6. The lowest BCUT2D eigenvalue weighted by atomic mass is 10.0. The normalized spacial score (nSPS) is 23.1. The molecule has 0 saturated carbocycles. The van der Waals surface area contributed by atoms with Crippen LogP contribution in [0.4, 0.5) is 10.1 Å². The van der Waals surface area contributed by atoms with Crippen LogP contribution in [-0.4, -0.2) is 25.4 Å². The molecule has 1 aromatic carbocycles. The largest absolute Gasteiger partial charge is 0.491 e. The van der Waals surface area contributed by atoms with Gasteiger partial charge in [-0.05, 0) is 38.3 Å². The minimum atomic E-state index is -0.314. The van der Waals surface area contributed by atoms with Crippen molar-refractivity contribution >= 4 is 5.69 Å². The number of hydrogen-bond donors (Lipinski definition) is 1. The van der Waals surface area contributed by atoms with E-state index >= 15 is 0 Å². The highest BCUT2D eigenvalue weighted by molar-refractivity contribution is 5.48. The third kappa shape index (κ3) is 3.83. The van der Waals surface area contributed by atoms with Gasteiger partial charge in [-0.2, -0.15) is 0 Å². The van der Waals surface area contributed by atoms with Gasteiger partial charge in [0.2, 0.25) is 0 Å². The summed E-state index contributed by atoms with van der Waals surface area (Å²) in [5.74, 6) is -0.00240. The Balaban J connectivity index is 1.97. The fourth-order valence-corrected chi connectivity index (χ4v) is 2.39. The Morgan fingerprint density at radius 1 is 1.42 bits per heavy atom. The van der Waals surface area contributed by atoms with Gasteiger partial charge in [0.25, 0.3) is 0 Å². The molecule has 1 saturated heterocycles. The minimum absolute atomic E-state index is 0.312. The molecule has 2 rings (SSSR count). The lowest BCUT2D eigenvalue weighted by Crippen LogP contribution is -2.33. The average molecular weight is 267 g/mol. The van der Waals surface area contributed by atoms with Gasteiger partial charge in [0.05, 0.1) is 12.7 Å². The van der Waals surface area contributed by atoms with Crippen molar-refractivity contribution in [2.45, 2.75) is 45.3 Å². The Kier molecular flexibility index (Phi) is 5.02. The first-order chi connectivity index (χ1) is 9.22. The molecule has 1 fully saturated rings. The number of ether oxygens (including phenoxy) is 2. The molecule has 1 aliphatic rings. The fraction of sp³-hybridized carbons (Fsp3) is 0.600. The molecular weight excluding hydrogens is 245 g/mol. The van der Waals surface area contributed by atoms with E-state index in [-0.39, 0.29) is 5.82 Å². The summed E-state index contributed by atoms with van der Waals surface area (Å²) in [7, 11) is 0. The van der Waals surface area contributed by atoms with Crippen LogP contribution in [-0.2, 0) is 4.74 Å². The van der Waals surface area contributed by atoms with Crippen LogP contribution in [0, 0.1) is 5.82 Å². The zero-order chi connectivity index (χ0) is 13.7. The molecule has 0 amide bonds. The molecule has 1 N–H and O–H groups in total. The maximum absolute atomic E-state index is 13.7. The van der Waals surface area contributed by atoms with E-state index in [2.05, 4.69) is 12.2 Å². The van der Waals surface area contributed by atoms with Gasteiger partial charge in [0.15, 0.2) is 11.6 Å². The Bertz CT molecular complexity index is 411. The lowest BCUT2D eigenvalue weighted by Gasteiger charge is -2.30. The van der Waals surface area contributed by atoms with Crippen molar-refractivity contribution in [3.8, 4) is 5.75 Å². The first-order valence-corrected chi connectivity index (χ1v) is 7.03. The van der Waals surface area contributed by atoms with Gasteiger partial charge in [0, 0.05) is 24.4 Å². The summed E-state index contributed by atoms with van der Waals surface area (Å²) in [6.07, 6.45) is 3.28. The Hall–Kier alpha value is -1.29. The van der Waals surface area contributed by atoms with Crippen molar-refractivity contribution in [3.05, 3.63) is 24.0 Å². The third-order valence-electron chi connectivity index (χ3n) is 3.43. The topological polar surface area (TPSA) is 30.5 Å². The first-order valence-electron chi connectivity index (χ1n) is 7.03. The van der Waals surface area contributed by atoms with Crippen LogP contribution >= 0.6 is 0 Å². The summed E-state index contributed by atoms with van der Waals surface area (Å²) in [5, 5.41) is 3.38. The molecule has 1 aromatic rings. The predicted octanol–water partition coefficient (Wildman–Crippen LogP) is 3.59. The fourth-order valence-electron chi connectivity index (χ4n) is 2.39. The van der Waals surface area contributed by atoms with E-state index in [4.69, 9.17) is 9.47 Å². The highest BCUT2D eigenvalue weighted by Gasteiger charge is 2.21. The summed E-state index contributed by atoms with van der Waals surface area (Å²) in [4.78, 5) is 0. The van der Waals surface area contributed by atoms with E-state index in [0.29, 0.717) is 24.5 Å². The van der Waals surface area contributed by atoms with Crippen molar-refractivity contribution in [1.29, 1.82) is 0 Å². The summed E-state index contributed by atoms with van der Waals surface area (Å²) in [5.41, 5.74) is 0.808. The number of nitrogens with one attached hydrogen (secondary N) is 1. The van der Waals surface area contributed by atoms with Gasteiger partial charge in [-0.3, -0.25) is 0 Å². The SMILES string of the molecule is CCOc1ccc(NC2CCOC(CC)C2)cc1F. The first kappa shape index (κ1) is 14.1. The molecule has 4 heteroatoms. The second-order valence-electron chi connectivity index (χ2n) is 4.84. The van der Waals surface area contributed by atoms with E-state index in [1.165, 1.54) is 6.07 Å². The molecule has 19 heavy (non-hydrogen) atoms. The number of anilines is 1. The Morgan fingerprint density at radius 2 is 2.26 bits per heavy atom. The molecule has 0 radical (unpaired) electrons. The number of rotatable bonds is 5. The van der Waals surface area contributed by atoms with Crippen molar-refractivity contribution in [2.75, 3.05) is 18.5 Å². The van der Waals surface area contributed by atoms with E-state index in [1.807, 2.05) is 13.0 Å². The number of benzene rings is 1. The van der Waals surface area contributed by atoms with Crippen molar-refractivity contribution < 1.29 is 13.9 Å². The van der Waals surface area contributed by atoms with E-state index < -0.39 is 0 Å². The molecule has 0 spiro atoms. The van der Waals surface area contributed by atoms with Gasteiger partial charge < -0.3 is 14.8 Å². The van der Waals surface area contributed by atoms with Gasteiger partial charge in [-0.1, -0.05) is 6.92 Å². The van der Waals surface area contributed by atoms with Gasteiger partial charge in [-0.15, -0.1) is 0 Å². The number of halogens is 1. The van der Waals surface area contributed by atoms with Crippen LogP contribution < -0.4 is 10.1 Å². The molecule has 1 aliphatic heterocycles. The molecular formula is C15H22FNO2. The van der Waals surface area contributed by atoms with Gasteiger partial charge in [-0.25, -0.2) is 4.39 Å². The van der Waals surface area contributed by atoms with E-state index in [9.17, 15) is 4.39 Å². The Morgan fingerprint density at radius 3 is 2.95 bits per heavy atom. The van der Waals surface area contributed by atoms with Gasteiger partial charge in [0.1, 0.15) is 0 Å². The standard InChI is InChI=1S/C15H22FNO2/c1-3-13-9-12(7-8-19-13)17-11-5-6-15(18-4-2)14(16)10-11/h5-6,10,12-13,17H,3-4,7-9H2,1-2H3. The quantitative estimate of drug-likeness (QED) is 0.884. The van der Waals surface area contributed by atoms with Crippen LogP contribution in [0.5, 0.6) is 5.75 Å². The van der Waals surface area contributed by atoms with Crippen LogP contribution in [0.15, 0.2) is 18.2 Å². The monoisotopic (exact) mass is 267 g/mol. The van der Waals surface area contributed by atoms with Crippen molar-refractivity contribution in [2.24, 2.45) is 0 Å². The summed E-state index contributed by atoms with van der Waals surface area (Å²) < 4.78 is 24.6. The molecule has 0 bridgehead atoms. The average Bonchev–Trinajstić information content (AvgIpc) is 2.42. The summed E-state index contributed by atoms with van der Waals surface area (Å²) in [6, 6.07) is 5.40. The van der Waals surface area contributed by atoms with Gasteiger partial charge >= 0.3 is 0 Å². The molecule has 0 aromatic heterocycles. The number of hydrogen-bond acceptors (Lipinski definition) is 3. The maximum Gasteiger partial charge on any atom is 0.167 e. The molecule has 0 aliphatic carbocycles. The lowest BCUT2D eigenvalue weighted by molar-refractivity contribution is 0.00925. The molecule has 3 nitrogen and oxygen atoms in total. The smallest absolute Gasteiger partial charge is 0.167 e. The van der Waals surface area contributed by atoms with Crippen LogP contribution in [0.2, 0.25) is 0 Å². The second-order valence-corrected chi connectivity index (χ2v) is 4.84. The Labute approximate surface area is 114 Å². The van der Waals surface area contributed by atoms with Crippen LogP contribution in [0.3, 0.4) is 0 Å². The van der Waals surface area contributed by atoms with Crippen molar-refractivity contribution in [1.82, 2.24) is 0 Å². The van der Waals surface area contributed by atoms with Crippen LogP contribution in [0.1, 0.15) is 33.1 Å². The third-order valence-corrected chi connectivity index (χ3v) is 3.43. The highest BCUT2D eigenvalue weighted by atomic mass is 19.1. The van der Waals surface area contributed by atoms with Crippen molar-refractivity contribution in [3.63, 3.8) is 0 Å². The highest BCUT2D eigenvalue weighted by Crippen LogP contribution is 2.24. The summed E-state index contributed by atoms with van der Waals surface area (Å²) in [6.45, 7) is 5.22. The maximum atomic E-state index is 13.7. The zero-order valence-corrected chi connectivity index (χ0v) is 11.6. The molecule has 1 heterocycles.